The Labute approximate surface area is 134 Å². The van der Waals surface area contributed by atoms with Gasteiger partial charge in [-0.1, -0.05) is 35.3 Å². The Morgan fingerprint density at radius 3 is 2.68 bits per heavy atom. The molecule has 5 nitrogen and oxygen atoms in total. The lowest BCUT2D eigenvalue weighted by Gasteiger charge is -2.03. The lowest BCUT2D eigenvalue weighted by atomic mass is 10.1. The summed E-state index contributed by atoms with van der Waals surface area (Å²) in [6.45, 7) is 0. The summed E-state index contributed by atoms with van der Waals surface area (Å²) in [6, 6.07) is 12.3. The zero-order valence-electron chi connectivity index (χ0n) is 11.1. The zero-order valence-corrected chi connectivity index (χ0v) is 12.6. The maximum absolute atomic E-state index is 12.1. The van der Waals surface area contributed by atoms with E-state index in [0.717, 1.165) is 11.1 Å². The molecule has 0 aliphatic carbocycles. The fourth-order valence-corrected chi connectivity index (χ4v) is 2.80. The summed E-state index contributed by atoms with van der Waals surface area (Å²) >= 11 is 12.1. The molecule has 2 heterocycles. The largest absolute Gasteiger partial charge is 0.594 e. The first-order chi connectivity index (χ1) is 10.6. The Kier molecular flexibility index (Phi) is 2.92. The maximum atomic E-state index is 12.1. The van der Waals surface area contributed by atoms with Gasteiger partial charge in [0.1, 0.15) is 5.52 Å². The molecule has 4 rings (SSSR count). The van der Waals surface area contributed by atoms with Crippen LogP contribution >= 0.6 is 23.2 Å². The highest BCUT2D eigenvalue weighted by Crippen LogP contribution is 2.27. The van der Waals surface area contributed by atoms with Crippen molar-refractivity contribution < 1.29 is 4.85 Å². The monoisotopic (exact) mass is 330 g/mol. The van der Waals surface area contributed by atoms with E-state index in [1.54, 1.807) is 41.0 Å². The highest BCUT2D eigenvalue weighted by molar-refractivity contribution is 6.31. The molecule has 0 saturated carbocycles. The fraction of sp³-hybridized carbons (Fsp3) is 0. The predicted octanol–water partition coefficient (Wildman–Crippen LogP) is 3.49. The van der Waals surface area contributed by atoms with Crippen LogP contribution in [0.15, 0.2) is 48.7 Å². The molecule has 0 spiro atoms. The van der Waals surface area contributed by atoms with E-state index in [0.29, 0.717) is 31.6 Å². The SMILES string of the molecule is [O-][n+]1nc2c(-c3cccc(Cl)c3)cnn2c2cc(Cl)ccc21. The van der Waals surface area contributed by atoms with Crippen molar-refractivity contribution >= 4 is 39.9 Å². The van der Waals surface area contributed by atoms with Gasteiger partial charge in [-0.05, 0) is 34.7 Å². The van der Waals surface area contributed by atoms with Crippen molar-refractivity contribution in [2.75, 3.05) is 0 Å². The van der Waals surface area contributed by atoms with Crippen molar-refractivity contribution in [2.24, 2.45) is 0 Å². The van der Waals surface area contributed by atoms with Crippen LogP contribution in [0.4, 0.5) is 0 Å². The number of rotatable bonds is 1. The van der Waals surface area contributed by atoms with Crippen LogP contribution in [0, 0.1) is 5.21 Å². The van der Waals surface area contributed by atoms with Gasteiger partial charge < -0.3 is 5.21 Å². The molecule has 7 heteroatoms. The van der Waals surface area contributed by atoms with E-state index in [1.165, 1.54) is 0 Å². The molecule has 0 aliphatic rings. The maximum Gasteiger partial charge on any atom is 0.270 e. The van der Waals surface area contributed by atoms with Crippen molar-refractivity contribution in [3.05, 3.63) is 63.9 Å². The lowest BCUT2D eigenvalue weighted by molar-refractivity contribution is -0.640. The molecule has 0 amide bonds. The Balaban J connectivity index is 2.09. The Bertz CT molecular complexity index is 1030. The summed E-state index contributed by atoms with van der Waals surface area (Å²) in [7, 11) is 0. The smallest absolute Gasteiger partial charge is 0.270 e. The summed E-state index contributed by atoms with van der Waals surface area (Å²) in [5.41, 5.74) is 3.02. The average molecular weight is 331 g/mol. The van der Waals surface area contributed by atoms with E-state index in [9.17, 15) is 5.21 Å². The minimum Gasteiger partial charge on any atom is -0.594 e. The van der Waals surface area contributed by atoms with Crippen LogP contribution in [0.25, 0.3) is 27.8 Å². The van der Waals surface area contributed by atoms with Gasteiger partial charge in [-0.25, -0.2) is 4.52 Å². The van der Waals surface area contributed by atoms with Gasteiger partial charge in [0, 0.05) is 21.2 Å². The number of halogens is 2. The lowest BCUT2D eigenvalue weighted by Crippen LogP contribution is -2.33. The molecular formula is C15H8Cl2N4O. The van der Waals surface area contributed by atoms with Gasteiger partial charge in [0.05, 0.1) is 11.8 Å². The molecular weight excluding hydrogens is 323 g/mol. The number of hydrogen-bond acceptors (Lipinski definition) is 3. The van der Waals surface area contributed by atoms with Crippen molar-refractivity contribution in [1.29, 1.82) is 0 Å². The van der Waals surface area contributed by atoms with Crippen LogP contribution < -0.4 is 4.85 Å². The summed E-state index contributed by atoms with van der Waals surface area (Å²) in [5.74, 6) is 0. The minimum atomic E-state index is 0.401. The number of hydrogen-bond donors (Lipinski definition) is 0. The van der Waals surface area contributed by atoms with Gasteiger partial charge in [0.2, 0.25) is 5.65 Å². The standard InChI is InChI=1S/C15H8Cl2N4O/c16-10-3-1-2-9(6-10)12-8-18-20-14-7-11(17)4-5-13(14)21(22)19-15(12)20/h1-8H. The molecule has 2 aromatic carbocycles. The van der Waals surface area contributed by atoms with Crippen LogP contribution in [0.2, 0.25) is 10.0 Å². The third-order valence-corrected chi connectivity index (χ3v) is 3.91. The molecule has 0 unspecified atom stereocenters. The van der Waals surface area contributed by atoms with Crippen LogP contribution in [-0.2, 0) is 0 Å². The molecule has 2 aromatic heterocycles. The number of nitrogens with zero attached hydrogens (tertiary/aromatic N) is 4. The van der Waals surface area contributed by atoms with Gasteiger partial charge in [-0.2, -0.15) is 5.10 Å². The van der Waals surface area contributed by atoms with Crippen molar-refractivity contribution in [3.8, 4) is 11.1 Å². The second-order valence-corrected chi connectivity index (χ2v) is 5.68. The van der Waals surface area contributed by atoms with Gasteiger partial charge >= 0.3 is 0 Å². The van der Waals surface area contributed by atoms with E-state index in [-0.39, 0.29) is 0 Å². The van der Waals surface area contributed by atoms with Gasteiger partial charge in [-0.3, -0.25) is 0 Å². The number of aromatic nitrogens is 4. The van der Waals surface area contributed by atoms with Crippen LogP contribution in [0.3, 0.4) is 0 Å². The molecule has 22 heavy (non-hydrogen) atoms. The van der Waals surface area contributed by atoms with Crippen LogP contribution in [-0.4, -0.2) is 14.7 Å². The van der Waals surface area contributed by atoms with E-state index in [1.807, 2.05) is 12.1 Å². The van der Waals surface area contributed by atoms with E-state index >= 15 is 0 Å². The molecule has 4 aromatic rings. The van der Waals surface area contributed by atoms with Gasteiger partial charge in [-0.15, -0.1) is 0 Å². The average Bonchev–Trinajstić information content (AvgIpc) is 2.91. The normalized spacial score (nSPS) is 11.4. The molecule has 0 bridgehead atoms. The van der Waals surface area contributed by atoms with Gasteiger partial charge in [0.15, 0.2) is 0 Å². The third-order valence-electron chi connectivity index (χ3n) is 3.44. The number of fused-ring (bicyclic) bond motifs is 3. The van der Waals surface area contributed by atoms with Crippen molar-refractivity contribution in [3.63, 3.8) is 0 Å². The second-order valence-electron chi connectivity index (χ2n) is 4.81. The van der Waals surface area contributed by atoms with Crippen LogP contribution in [0.1, 0.15) is 0 Å². The van der Waals surface area contributed by atoms with E-state index in [2.05, 4.69) is 10.2 Å². The molecule has 108 valence electrons. The molecule has 0 N–H and O–H groups in total. The zero-order chi connectivity index (χ0) is 15.3. The Morgan fingerprint density at radius 2 is 1.86 bits per heavy atom. The van der Waals surface area contributed by atoms with E-state index in [4.69, 9.17) is 23.2 Å². The van der Waals surface area contributed by atoms with E-state index < -0.39 is 0 Å². The fourth-order valence-electron chi connectivity index (χ4n) is 2.44. The quantitative estimate of drug-likeness (QED) is 0.396. The summed E-state index contributed by atoms with van der Waals surface area (Å²) in [5, 5.41) is 21.7. The first-order valence-electron chi connectivity index (χ1n) is 6.46. The molecule has 0 radical (unpaired) electrons. The first-order valence-corrected chi connectivity index (χ1v) is 7.22. The third kappa shape index (κ3) is 1.98. The topological polar surface area (TPSA) is 57.1 Å². The summed E-state index contributed by atoms with van der Waals surface area (Å²) in [4.78, 5) is 0.580. The number of benzene rings is 2. The summed E-state index contributed by atoms with van der Waals surface area (Å²) < 4.78 is 1.60. The predicted molar refractivity (Wildman–Crippen MR) is 84.9 cm³/mol. The van der Waals surface area contributed by atoms with Gasteiger partial charge in [0.25, 0.3) is 5.52 Å². The molecule has 0 fully saturated rings. The highest BCUT2D eigenvalue weighted by atomic mass is 35.5. The molecule has 0 aliphatic heterocycles. The highest BCUT2D eigenvalue weighted by Gasteiger charge is 2.17. The van der Waals surface area contributed by atoms with Crippen molar-refractivity contribution in [1.82, 2.24) is 14.7 Å². The molecule has 0 atom stereocenters. The van der Waals surface area contributed by atoms with Crippen LogP contribution in [0.5, 0.6) is 0 Å². The summed E-state index contributed by atoms with van der Waals surface area (Å²) in [6.07, 6.45) is 1.66. The minimum absolute atomic E-state index is 0.401. The Hall–Kier alpha value is -2.37. The Morgan fingerprint density at radius 1 is 1.05 bits per heavy atom. The molecule has 0 saturated heterocycles. The first kappa shape index (κ1) is 13.3. The van der Waals surface area contributed by atoms with Crippen molar-refractivity contribution in [2.45, 2.75) is 0 Å². The second kappa shape index (κ2) is 4.83.